The third-order valence-corrected chi connectivity index (χ3v) is 3.55. The minimum Gasteiger partial charge on any atom is -0.465 e. The minimum absolute atomic E-state index is 0.177. The lowest BCUT2D eigenvalue weighted by Gasteiger charge is -2.05. The molecule has 1 aromatic rings. The number of methoxy groups -OCH3 is 1. The van der Waals surface area contributed by atoms with E-state index in [9.17, 15) is 14.4 Å². The normalized spacial score (nSPS) is 13.6. The molecule has 0 radical (unpaired) electrons. The number of hydrogen-bond acceptors (Lipinski definition) is 5. The summed E-state index contributed by atoms with van der Waals surface area (Å²) in [5, 5.41) is 2.73. The number of carbonyl (C=O) groups excluding carboxylic acids is 3. The van der Waals surface area contributed by atoms with E-state index in [0.717, 1.165) is 12.8 Å². The first kappa shape index (κ1) is 16.1. The van der Waals surface area contributed by atoms with Crippen molar-refractivity contribution in [2.24, 2.45) is 0 Å². The molecule has 1 heterocycles. The average Bonchev–Trinajstić information content (AvgIpc) is 3.25. The third-order valence-electron chi connectivity index (χ3n) is 3.55. The standard InChI is InChI=1S/C15H20N2O5/c1-4-10-12(14(19)21-3)8(2)13(17-10)15(20)22-7-11(18)16-9-5-6-9/h9,17H,4-7H2,1-3H3,(H,16,18). The molecule has 22 heavy (non-hydrogen) atoms. The largest absolute Gasteiger partial charge is 0.465 e. The van der Waals surface area contributed by atoms with Crippen LogP contribution in [0.5, 0.6) is 0 Å². The molecule has 1 amide bonds. The van der Waals surface area contributed by atoms with Crippen LogP contribution in [0.25, 0.3) is 0 Å². The fraction of sp³-hybridized carbons (Fsp3) is 0.533. The van der Waals surface area contributed by atoms with Crippen LogP contribution in [0.4, 0.5) is 0 Å². The molecule has 1 aliphatic rings. The number of aryl methyl sites for hydroxylation is 1. The molecule has 0 bridgehead atoms. The highest BCUT2D eigenvalue weighted by molar-refractivity contribution is 5.99. The van der Waals surface area contributed by atoms with Crippen LogP contribution < -0.4 is 5.32 Å². The highest BCUT2D eigenvalue weighted by Gasteiger charge is 2.26. The van der Waals surface area contributed by atoms with Gasteiger partial charge in [-0.2, -0.15) is 0 Å². The Morgan fingerprint density at radius 1 is 1.27 bits per heavy atom. The molecule has 1 aromatic heterocycles. The summed E-state index contributed by atoms with van der Waals surface area (Å²) in [6.45, 7) is 3.17. The van der Waals surface area contributed by atoms with Crippen LogP contribution in [-0.4, -0.2) is 42.6 Å². The van der Waals surface area contributed by atoms with Gasteiger partial charge in [0, 0.05) is 11.7 Å². The number of ether oxygens (including phenoxy) is 2. The summed E-state index contributed by atoms with van der Waals surface area (Å²) in [6, 6.07) is 0.219. The summed E-state index contributed by atoms with van der Waals surface area (Å²) in [4.78, 5) is 38.3. The summed E-state index contributed by atoms with van der Waals surface area (Å²) in [5.41, 5.74) is 1.60. The van der Waals surface area contributed by atoms with Gasteiger partial charge in [0.15, 0.2) is 6.61 Å². The molecule has 1 fully saturated rings. The maximum Gasteiger partial charge on any atom is 0.355 e. The van der Waals surface area contributed by atoms with Gasteiger partial charge >= 0.3 is 11.9 Å². The molecule has 7 heteroatoms. The van der Waals surface area contributed by atoms with Gasteiger partial charge in [-0.25, -0.2) is 9.59 Å². The van der Waals surface area contributed by atoms with Crippen molar-refractivity contribution in [3.63, 3.8) is 0 Å². The molecule has 2 N–H and O–H groups in total. The van der Waals surface area contributed by atoms with Crippen LogP contribution in [0.3, 0.4) is 0 Å². The first-order chi connectivity index (χ1) is 10.5. The predicted molar refractivity (Wildman–Crippen MR) is 77.7 cm³/mol. The van der Waals surface area contributed by atoms with Gasteiger partial charge < -0.3 is 19.8 Å². The first-order valence-electron chi connectivity index (χ1n) is 7.24. The van der Waals surface area contributed by atoms with E-state index in [2.05, 4.69) is 10.3 Å². The molecule has 0 saturated heterocycles. The van der Waals surface area contributed by atoms with Crippen LogP contribution >= 0.6 is 0 Å². The van der Waals surface area contributed by atoms with Crippen molar-refractivity contribution in [2.45, 2.75) is 39.2 Å². The van der Waals surface area contributed by atoms with Crippen molar-refractivity contribution in [3.8, 4) is 0 Å². The van der Waals surface area contributed by atoms with Crippen LogP contribution in [0.15, 0.2) is 0 Å². The Hall–Kier alpha value is -2.31. The van der Waals surface area contributed by atoms with Crippen molar-refractivity contribution >= 4 is 17.8 Å². The van der Waals surface area contributed by atoms with Gasteiger partial charge in [0.05, 0.1) is 12.7 Å². The molecule has 2 rings (SSSR count). The van der Waals surface area contributed by atoms with Crippen molar-refractivity contribution in [1.82, 2.24) is 10.3 Å². The molecule has 0 spiro atoms. The van der Waals surface area contributed by atoms with Crippen molar-refractivity contribution in [2.75, 3.05) is 13.7 Å². The second-order valence-electron chi connectivity index (χ2n) is 5.24. The minimum atomic E-state index is -0.659. The monoisotopic (exact) mass is 308 g/mol. The zero-order valence-electron chi connectivity index (χ0n) is 12.9. The van der Waals surface area contributed by atoms with E-state index in [1.54, 1.807) is 6.92 Å². The lowest BCUT2D eigenvalue weighted by atomic mass is 10.1. The van der Waals surface area contributed by atoms with Crippen molar-refractivity contribution < 1.29 is 23.9 Å². The third kappa shape index (κ3) is 3.47. The Kier molecular flexibility index (Phi) is 4.85. The highest BCUT2D eigenvalue weighted by Crippen LogP contribution is 2.21. The van der Waals surface area contributed by atoms with Gasteiger partial charge in [-0.3, -0.25) is 4.79 Å². The van der Waals surface area contributed by atoms with E-state index < -0.39 is 11.9 Å². The van der Waals surface area contributed by atoms with Crippen molar-refractivity contribution in [3.05, 3.63) is 22.5 Å². The topological polar surface area (TPSA) is 97.5 Å². The Morgan fingerprint density at radius 3 is 2.50 bits per heavy atom. The molecule has 0 atom stereocenters. The van der Waals surface area contributed by atoms with Crippen LogP contribution in [0.2, 0.25) is 0 Å². The van der Waals surface area contributed by atoms with Crippen molar-refractivity contribution in [1.29, 1.82) is 0 Å². The highest BCUT2D eigenvalue weighted by atomic mass is 16.5. The Balaban J connectivity index is 2.06. The number of amides is 1. The number of H-pyrrole nitrogens is 1. The fourth-order valence-corrected chi connectivity index (χ4v) is 2.21. The van der Waals surface area contributed by atoms with Gasteiger partial charge in [-0.15, -0.1) is 0 Å². The molecule has 0 aliphatic heterocycles. The smallest absolute Gasteiger partial charge is 0.355 e. The number of aromatic amines is 1. The van der Waals surface area contributed by atoms with Gasteiger partial charge in [-0.05, 0) is 31.7 Å². The SMILES string of the molecule is CCc1[nH]c(C(=O)OCC(=O)NC2CC2)c(C)c1C(=O)OC. The molecular formula is C15H20N2O5. The van der Waals surface area contributed by atoms with Gasteiger partial charge in [-0.1, -0.05) is 6.92 Å². The maximum absolute atomic E-state index is 12.1. The number of rotatable bonds is 6. The molecule has 1 saturated carbocycles. The molecule has 120 valence electrons. The van der Waals surface area contributed by atoms with E-state index in [0.29, 0.717) is 23.2 Å². The number of nitrogens with one attached hydrogen (secondary N) is 2. The zero-order chi connectivity index (χ0) is 16.3. The van der Waals surface area contributed by atoms with Crippen LogP contribution in [-0.2, 0) is 20.7 Å². The summed E-state index contributed by atoms with van der Waals surface area (Å²) >= 11 is 0. The second-order valence-corrected chi connectivity index (χ2v) is 5.24. The fourth-order valence-electron chi connectivity index (χ4n) is 2.21. The first-order valence-corrected chi connectivity index (χ1v) is 7.24. The summed E-state index contributed by atoms with van der Waals surface area (Å²) < 4.78 is 9.72. The number of carbonyl (C=O) groups is 3. The maximum atomic E-state index is 12.1. The Bertz CT molecular complexity index is 601. The van der Waals surface area contributed by atoms with E-state index in [4.69, 9.17) is 9.47 Å². The number of hydrogen-bond donors (Lipinski definition) is 2. The molecule has 7 nitrogen and oxygen atoms in total. The molecule has 0 unspecified atom stereocenters. The van der Waals surface area contributed by atoms with Crippen LogP contribution in [0.1, 0.15) is 51.9 Å². The Morgan fingerprint density at radius 2 is 1.95 bits per heavy atom. The van der Waals surface area contributed by atoms with Crippen LogP contribution in [0, 0.1) is 6.92 Å². The van der Waals surface area contributed by atoms with E-state index in [-0.39, 0.29) is 24.2 Å². The van der Waals surface area contributed by atoms with E-state index in [1.165, 1.54) is 7.11 Å². The molecule has 0 aromatic carbocycles. The number of aromatic nitrogens is 1. The average molecular weight is 308 g/mol. The molecular weight excluding hydrogens is 288 g/mol. The lowest BCUT2D eigenvalue weighted by Crippen LogP contribution is -2.30. The summed E-state index contributed by atoms with van der Waals surface area (Å²) in [7, 11) is 1.29. The summed E-state index contributed by atoms with van der Waals surface area (Å²) in [6.07, 6.45) is 2.48. The lowest BCUT2D eigenvalue weighted by molar-refractivity contribution is -0.124. The van der Waals surface area contributed by atoms with E-state index >= 15 is 0 Å². The predicted octanol–water partition coefficient (Wildman–Crippen LogP) is 1.11. The quantitative estimate of drug-likeness (QED) is 0.767. The molecule has 1 aliphatic carbocycles. The van der Waals surface area contributed by atoms with E-state index in [1.807, 2.05) is 6.92 Å². The number of esters is 2. The second kappa shape index (κ2) is 6.64. The van der Waals surface area contributed by atoms with Gasteiger partial charge in [0.1, 0.15) is 5.69 Å². The van der Waals surface area contributed by atoms with Gasteiger partial charge in [0.25, 0.3) is 5.91 Å². The zero-order valence-corrected chi connectivity index (χ0v) is 12.9. The van der Waals surface area contributed by atoms with Gasteiger partial charge in [0.2, 0.25) is 0 Å². The Labute approximate surface area is 128 Å². The summed E-state index contributed by atoms with van der Waals surface area (Å²) in [5.74, 6) is -1.48.